The van der Waals surface area contributed by atoms with Crippen LogP contribution in [0.3, 0.4) is 0 Å². The van der Waals surface area contributed by atoms with Crippen molar-refractivity contribution in [3.8, 4) is 0 Å². The van der Waals surface area contributed by atoms with Gasteiger partial charge in [-0.15, -0.1) is 0 Å². The Morgan fingerprint density at radius 1 is 1.39 bits per heavy atom. The third kappa shape index (κ3) is 3.04. The molecule has 0 unspecified atom stereocenters. The highest BCUT2D eigenvalue weighted by Crippen LogP contribution is 2.38. The molecule has 0 aromatic rings. The van der Waals surface area contributed by atoms with Gasteiger partial charge in [0.1, 0.15) is 6.61 Å². The van der Waals surface area contributed by atoms with Crippen LogP contribution in [-0.2, 0) is 14.3 Å². The van der Waals surface area contributed by atoms with Crippen molar-refractivity contribution in [1.82, 2.24) is 4.90 Å². The topological polar surface area (TPSA) is 46.6 Å². The number of ether oxygens (including phenoxy) is 1. The summed E-state index contributed by atoms with van der Waals surface area (Å²) in [5.41, 5.74) is -0.681. The third-order valence-electron chi connectivity index (χ3n) is 3.53. The minimum Gasteiger partial charge on any atom is -0.374 e. The zero-order valence-electron chi connectivity index (χ0n) is 10.9. The number of alkyl halides is 2. The van der Waals surface area contributed by atoms with Crippen LogP contribution in [0.15, 0.2) is 0 Å². The highest BCUT2D eigenvalue weighted by atomic mass is 19.3. The number of likely N-dealkylation sites (tertiary alicyclic amines) is 1. The lowest BCUT2D eigenvalue weighted by atomic mass is 9.78. The van der Waals surface area contributed by atoms with E-state index in [1.54, 1.807) is 6.92 Å². The van der Waals surface area contributed by atoms with Gasteiger partial charge in [0.25, 0.3) is 6.43 Å². The molecule has 18 heavy (non-hydrogen) atoms. The Morgan fingerprint density at radius 2 is 2.00 bits per heavy atom. The molecule has 1 heterocycles. The van der Waals surface area contributed by atoms with E-state index in [9.17, 15) is 18.4 Å². The van der Waals surface area contributed by atoms with Gasteiger partial charge < -0.3 is 4.74 Å². The highest BCUT2D eigenvalue weighted by Gasteiger charge is 2.49. The number of hydrogen-bond donors (Lipinski definition) is 0. The number of amides is 2. The molecular weight excluding hydrogens is 244 g/mol. The van der Waals surface area contributed by atoms with Crippen molar-refractivity contribution < 1.29 is 23.1 Å². The Morgan fingerprint density at radius 3 is 2.44 bits per heavy atom. The molecular formula is C12H19F2NO3. The molecule has 1 aliphatic heterocycles. The maximum Gasteiger partial charge on any atom is 0.261 e. The van der Waals surface area contributed by atoms with Crippen LogP contribution in [0.5, 0.6) is 0 Å². The van der Waals surface area contributed by atoms with Crippen molar-refractivity contribution >= 4 is 11.8 Å². The van der Waals surface area contributed by atoms with Crippen LogP contribution in [0.2, 0.25) is 0 Å². The van der Waals surface area contributed by atoms with Gasteiger partial charge in [0.05, 0.1) is 18.6 Å². The molecule has 104 valence electrons. The van der Waals surface area contributed by atoms with Crippen LogP contribution in [-0.4, -0.2) is 42.9 Å². The van der Waals surface area contributed by atoms with Crippen molar-refractivity contribution in [3.05, 3.63) is 0 Å². The molecule has 1 rings (SSSR count). The number of imide groups is 1. The van der Waals surface area contributed by atoms with Crippen LogP contribution in [0.25, 0.3) is 0 Å². The molecule has 0 aromatic carbocycles. The normalized spacial score (nSPS) is 24.7. The van der Waals surface area contributed by atoms with Crippen molar-refractivity contribution in [2.45, 2.75) is 33.6 Å². The molecule has 0 aromatic heterocycles. The molecule has 0 saturated carbocycles. The molecule has 0 N–H and O–H groups in total. The van der Waals surface area contributed by atoms with Crippen molar-refractivity contribution in [3.63, 3.8) is 0 Å². The summed E-state index contributed by atoms with van der Waals surface area (Å²) in [6.07, 6.45) is -2.35. The van der Waals surface area contributed by atoms with Gasteiger partial charge in [0.15, 0.2) is 0 Å². The summed E-state index contributed by atoms with van der Waals surface area (Å²) in [4.78, 5) is 25.0. The second-order valence-corrected chi connectivity index (χ2v) is 5.07. The van der Waals surface area contributed by atoms with Gasteiger partial charge in [0.2, 0.25) is 11.8 Å². The summed E-state index contributed by atoms with van der Waals surface area (Å²) in [5, 5.41) is 0. The predicted octanol–water partition coefficient (Wildman–Crippen LogP) is 1.69. The Kier molecular flexibility index (Phi) is 4.78. The van der Waals surface area contributed by atoms with Gasteiger partial charge in [-0.05, 0) is 12.8 Å². The van der Waals surface area contributed by atoms with Crippen LogP contribution in [0.4, 0.5) is 8.78 Å². The average Bonchev–Trinajstić information content (AvgIpc) is 2.47. The maximum atomic E-state index is 12.1. The quantitative estimate of drug-likeness (QED) is 0.541. The minimum absolute atomic E-state index is 0.0456. The predicted molar refractivity (Wildman–Crippen MR) is 61.1 cm³/mol. The van der Waals surface area contributed by atoms with Gasteiger partial charge >= 0.3 is 0 Å². The second-order valence-electron chi connectivity index (χ2n) is 5.07. The molecule has 0 bridgehead atoms. The van der Waals surface area contributed by atoms with Crippen LogP contribution >= 0.6 is 0 Å². The standard InChI is InChI=1S/C12H19F2NO3/c1-8(2)12(3)6-10(16)15(11(12)17)4-5-18-7-9(13)14/h8-9H,4-7H2,1-3H3/t12-/m1/s1. The molecule has 1 aliphatic rings. The van der Waals surface area contributed by atoms with E-state index in [1.807, 2.05) is 13.8 Å². The first kappa shape index (κ1) is 15.0. The first-order chi connectivity index (χ1) is 8.29. The number of rotatable bonds is 6. The first-order valence-electron chi connectivity index (χ1n) is 5.99. The largest absolute Gasteiger partial charge is 0.374 e. The maximum absolute atomic E-state index is 12.1. The SMILES string of the molecule is CC(C)[C@@]1(C)CC(=O)N(CCOCC(F)F)C1=O. The summed E-state index contributed by atoms with van der Waals surface area (Å²) < 4.78 is 28.4. The van der Waals surface area contributed by atoms with Gasteiger partial charge in [0, 0.05) is 6.42 Å². The first-order valence-corrected chi connectivity index (χ1v) is 5.99. The lowest BCUT2D eigenvalue weighted by molar-refractivity contribution is -0.143. The van der Waals surface area contributed by atoms with E-state index < -0.39 is 18.4 Å². The minimum atomic E-state index is -2.53. The van der Waals surface area contributed by atoms with Gasteiger partial charge in [-0.3, -0.25) is 14.5 Å². The Balaban J connectivity index is 2.52. The molecule has 4 nitrogen and oxygen atoms in total. The fraction of sp³-hybridized carbons (Fsp3) is 0.833. The fourth-order valence-electron chi connectivity index (χ4n) is 1.91. The Labute approximate surface area is 105 Å². The summed E-state index contributed by atoms with van der Waals surface area (Å²) in [6, 6.07) is 0. The Hall–Kier alpha value is -1.04. The monoisotopic (exact) mass is 263 g/mol. The lowest BCUT2D eigenvalue weighted by Crippen LogP contribution is -2.38. The molecule has 0 aliphatic carbocycles. The number of carbonyl (C=O) groups excluding carboxylic acids is 2. The smallest absolute Gasteiger partial charge is 0.261 e. The van der Waals surface area contributed by atoms with E-state index in [2.05, 4.69) is 4.74 Å². The third-order valence-corrected chi connectivity index (χ3v) is 3.53. The van der Waals surface area contributed by atoms with Crippen LogP contribution in [0, 0.1) is 11.3 Å². The van der Waals surface area contributed by atoms with E-state index in [0.29, 0.717) is 0 Å². The molecule has 0 spiro atoms. The molecule has 1 saturated heterocycles. The van der Waals surface area contributed by atoms with E-state index in [1.165, 1.54) is 0 Å². The van der Waals surface area contributed by atoms with Crippen molar-refractivity contribution in [1.29, 1.82) is 0 Å². The average molecular weight is 263 g/mol. The molecule has 0 radical (unpaired) electrons. The summed E-state index contributed by atoms with van der Waals surface area (Å²) in [5.74, 6) is -0.430. The second kappa shape index (κ2) is 5.73. The number of halogens is 2. The van der Waals surface area contributed by atoms with Crippen LogP contribution in [0.1, 0.15) is 27.2 Å². The zero-order valence-corrected chi connectivity index (χ0v) is 10.9. The van der Waals surface area contributed by atoms with Crippen LogP contribution < -0.4 is 0 Å². The number of carbonyl (C=O) groups is 2. The molecule has 1 fully saturated rings. The lowest BCUT2D eigenvalue weighted by Gasteiger charge is -2.25. The summed E-state index contributed by atoms with van der Waals surface area (Å²) >= 11 is 0. The van der Waals surface area contributed by atoms with Crippen molar-refractivity contribution in [2.75, 3.05) is 19.8 Å². The summed E-state index contributed by atoms with van der Waals surface area (Å²) in [7, 11) is 0. The highest BCUT2D eigenvalue weighted by molar-refractivity contribution is 6.05. The van der Waals surface area contributed by atoms with E-state index in [0.717, 1.165) is 4.90 Å². The van der Waals surface area contributed by atoms with Gasteiger partial charge in [-0.2, -0.15) is 0 Å². The van der Waals surface area contributed by atoms with E-state index in [4.69, 9.17) is 0 Å². The van der Waals surface area contributed by atoms with Crippen molar-refractivity contribution in [2.24, 2.45) is 11.3 Å². The zero-order chi connectivity index (χ0) is 13.9. The van der Waals surface area contributed by atoms with E-state index >= 15 is 0 Å². The fourth-order valence-corrected chi connectivity index (χ4v) is 1.91. The molecule has 2 amide bonds. The summed E-state index contributed by atoms with van der Waals surface area (Å²) in [6.45, 7) is 4.88. The molecule has 6 heteroatoms. The van der Waals surface area contributed by atoms with E-state index in [-0.39, 0.29) is 37.3 Å². The van der Waals surface area contributed by atoms with Gasteiger partial charge in [-0.25, -0.2) is 8.78 Å². The molecule has 1 atom stereocenters. The number of hydrogen-bond acceptors (Lipinski definition) is 3. The van der Waals surface area contributed by atoms with Gasteiger partial charge in [-0.1, -0.05) is 13.8 Å². The number of nitrogens with zero attached hydrogens (tertiary/aromatic N) is 1. The Bertz CT molecular complexity index is 333.